The van der Waals surface area contributed by atoms with Crippen molar-refractivity contribution in [2.45, 2.75) is 45.8 Å². The Balaban J connectivity index is 3.23. The number of aliphatic hydroxyl groups excluding tert-OH is 1. The standard InChI is InChI=1S/C8H17NO2/c1-3-4-5-6-8(11)9-7(2)10/h7,10H,3-6H2,1-2H3,(H,9,11). The quantitative estimate of drug-likeness (QED) is 0.465. The summed E-state index contributed by atoms with van der Waals surface area (Å²) in [6.45, 7) is 3.63. The predicted molar refractivity (Wildman–Crippen MR) is 44.0 cm³/mol. The minimum Gasteiger partial charge on any atom is -0.374 e. The van der Waals surface area contributed by atoms with E-state index in [4.69, 9.17) is 5.11 Å². The van der Waals surface area contributed by atoms with Gasteiger partial charge in [0.05, 0.1) is 0 Å². The summed E-state index contributed by atoms with van der Waals surface area (Å²) in [7, 11) is 0. The Hall–Kier alpha value is -0.570. The molecule has 0 bridgehead atoms. The maximum atomic E-state index is 10.9. The third-order valence-corrected chi connectivity index (χ3v) is 1.38. The number of hydrogen-bond donors (Lipinski definition) is 2. The Bertz CT molecular complexity index is 113. The number of hydrogen-bond acceptors (Lipinski definition) is 2. The molecule has 1 unspecified atom stereocenters. The van der Waals surface area contributed by atoms with Gasteiger partial charge in [0.25, 0.3) is 0 Å². The van der Waals surface area contributed by atoms with Crippen molar-refractivity contribution in [2.24, 2.45) is 0 Å². The molecule has 0 aromatic heterocycles. The molecule has 2 N–H and O–H groups in total. The molecule has 0 saturated heterocycles. The second-order valence-corrected chi connectivity index (χ2v) is 2.70. The molecule has 0 aromatic rings. The van der Waals surface area contributed by atoms with E-state index in [1.807, 2.05) is 0 Å². The van der Waals surface area contributed by atoms with Crippen molar-refractivity contribution in [1.82, 2.24) is 5.32 Å². The zero-order valence-corrected chi connectivity index (χ0v) is 7.26. The lowest BCUT2D eigenvalue weighted by Crippen LogP contribution is -2.31. The van der Waals surface area contributed by atoms with E-state index in [0.29, 0.717) is 6.42 Å². The number of rotatable bonds is 5. The van der Waals surface area contributed by atoms with Crippen molar-refractivity contribution in [3.05, 3.63) is 0 Å². The Labute approximate surface area is 67.8 Å². The van der Waals surface area contributed by atoms with E-state index < -0.39 is 6.23 Å². The fourth-order valence-corrected chi connectivity index (χ4v) is 0.841. The third-order valence-electron chi connectivity index (χ3n) is 1.38. The summed E-state index contributed by atoms with van der Waals surface area (Å²) in [4.78, 5) is 10.9. The fourth-order valence-electron chi connectivity index (χ4n) is 0.841. The smallest absolute Gasteiger partial charge is 0.221 e. The van der Waals surface area contributed by atoms with E-state index in [-0.39, 0.29) is 5.91 Å². The number of unbranched alkanes of at least 4 members (excludes halogenated alkanes) is 2. The lowest BCUT2D eigenvalue weighted by molar-refractivity contribution is -0.123. The van der Waals surface area contributed by atoms with Gasteiger partial charge in [0.1, 0.15) is 6.23 Å². The van der Waals surface area contributed by atoms with Gasteiger partial charge in [-0.05, 0) is 13.3 Å². The van der Waals surface area contributed by atoms with Crippen molar-refractivity contribution >= 4 is 5.91 Å². The number of carbonyl (C=O) groups is 1. The molecular formula is C8H17NO2. The van der Waals surface area contributed by atoms with Crippen LogP contribution in [-0.4, -0.2) is 17.2 Å². The van der Waals surface area contributed by atoms with Gasteiger partial charge in [-0.25, -0.2) is 0 Å². The van der Waals surface area contributed by atoms with E-state index in [9.17, 15) is 4.79 Å². The van der Waals surface area contributed by atoms with Crippen molar-refractivity contribution in [1.29, 1.82) is 0 Å². The summed E-state index contributed by atoms with van der Waals surface area (Å²) in [5.74, 6) is -0.0616. The Kier molecular flexibility index (Phi) is 5.84. The molecule has 0 spiro atoms. The first-order valence-corrected chi connectivity index (χ1v) is 4.14. The molecule has 0 aromatic carbocycles. The Morgan fingerprint density at radius 3 is 2.64 bits per heavy atom. The minimum absolute atomic E-state index is 0.0616. The van der Waals surface area contributed by atoms with Crippen LogP contribution in [0.4, 0.5) is 0 Å². The van der Waals surface area contributed by atoms with E-state index in [2.05, 4.69) is 12.2 Å². The average Bonchev–Trinajstić information content (AvgIpc) is 1.86. The highest BCUT2D eigenvalue weighted by Gasteiger charge is 2.01. The zero-order valence-electron chi connectivity index (χ0n) is 7.26. The second-order valence-electron chi connectivity index (χ2n) is 2.70. The van der Waals surface area contributed by atoms with Gasteiger partial charge in [0, 0.05) is 6.42 Å². The van der Waals surface area contributed by atoms with E-state index >= 15 is 0 Å². The summed E-state index contributed by atoms with van der Waals surface area (Å²) in [6, 6.07) is 0. The van der Waals surface area contributed by atoms with Gasteiger partial charge in [0.15, 0.2) is 0 Å². The molecule has 0 rings (SSSR count). The van der Waals surface area contributed by atoms with Crippen LogP contribution in [0, 0.1) is 0 Å². The molecule has 0 fully saturated rings. The highest BCUT2D eigenvalue weighted by atomic mass is 16.3. The van der Waals surface area contributed by atoms with Crippen LogP contribution in [0.1, 0.15) is 39.5 Å². The normalized spacial score (nSPS) is 12.6. The van der Waals surface area contributed by atoms with Crippen molar-refractivity contribution in [2.75, 3.05) is 0 Å². The predicted octanol–water partition coefficient (Wildman–Crippen LogP) is 1.02. The highest BCUT2D eigenvalue weighted by Crippen LogP contribution is 1.98. The highest BCUT2D eigenvalue weighted by molar-refractivity contribution is 5.75. The number of aliphatic hydroxyl groups is 1. The molecule has 1 atom stereocenters. The summed E-state index contributed by atoms with van der Waals surface area (Å²) in [6.07, 6.45) is 2.91. The molecule has 0 saturated carbocycles. The van der Waals surface area contributed by atoms with Crippen LogP contribution >= 0.6 is 0 Å². The molecular weight excluding hydrogens is 142 g/mol. The van der Waals surface area contributed by atoms with Gasteiger partial charge in [-0.3, -0.25) is 4.79 Å². The molecule has 0 heterocycles. The Morgan fingerprint density at radius 2 is 2.18 bits per heavy atom. The minimum atomic E-state index is -0.718. The van der Waals surface area contributed by atoms with Gasteiger partial charge in [0.2, 0.25) is 5.91 Å². The van der Waals surface area contributed by atoms with Crippen LogP contribution in [0.3, 0.4) is 0 Å². The van der Waals surface area contributed by atoms with Crippen LogP contribution < -0.4 is 5.32 Å². The molecule has 0 aliphatic carbocycles. The first-order valence-electron chi connectivity index (χ1n) is 4.14. The lowest BCUT2D eigenvalue weighted by atomic mass is 10.2. The van der Waals surface area contributed by atoms with Crippen LogP contribution in [0.15, 0.2) is 0 Å². The lowest BCUT2D eigenvalue weighted by Gasteiger charge is -2.06. The van der Waals surface area contributed by atoms with Gasteiger partial charge in [-0.15, -0.1) is 0 Å². The first-order chi connectivity index (χ1) is 5.16. The SMILES string of the molecule is CCCCCC(=O)NC(C)O. The van der Waals surface area contributed by atoms with Gasteiger partial charge in [-0.2, -0.15) is 0 Å². The maximum absolute atomic E-state index is 10.9. The van der Waals surface area contributed by atoms with Crippen molar-refractivity contribution in [3.63, 3.8) is 0 Å². The molecule has 0 aliphatic rings. The van der Waals surface area contributed by atoms with Crippen LogP contribution in [0.5, 0.6) is 0 Å². The van der Waals surface area contributed by atoms with Gasteiger partial charge >= 0.3 is 0 Å². The van der Waals surface area contributed by atoms with Crippen LogP contribution in [0.25, 0.3) is 0 Å². The fraction of sp³-hybridized carbons (Fsp3) is 0.875. The largest absolute Gasteiger partial charge is 0.374 e. The molecule has 1 amide bonds. The van der Waals surface area contributed by atoms with Crippen LogP contribution in [0.2, 0.25) is 0 Å². The van der Waals surface area contributed by atoms with Gasteiger partial charge < -0.3 is 10.4 Å². The second kappa shape index (κ2) is 6.16. The van der Waals surface area contributed by atoms with E-state index in [1.54, 1.807) is 0 Å². The Morgan fingerprint density at radius 1 is 1.55 bits per heavy atom. The van der Waals surface area contributed by atoms with Gasteiger partial charge in [-0.1, -0.05) is 19.8 Å². The third kappa shape index (κ3) is 7.33. The molecule has 0 aliphatic heterocycles. The summed E-state index contributed by atoms with van der Waals surface area (Å²) in [5, 5.41) is 11.2. The first kappa shape index (κ1) is 10.4. The molecule has 3 heteroatoms. The molecule has 0 radical (unpaired) electrons. The zero-order chi connectivity index (χ0) is 8.69. The average molecular weight is 159 g/mol. The van der Waals surface area contributed by atoms with E-state index in [0.717, 1.165) is 19.3 Å². The van der Waals surface area contributed by atoms with E-state index in [1.165, 1.54) is 6.92 Å². The van der Waals surface area contributed by atoms with Crippen LogP contribution in [-0.2, 0) is 4.79 Å². The number of carbonyl (C=O) groups excluding carboxylic acids is 1. The molecule has 66 valence electrons. The van der Waals surface area contributed by atoms with Crippen molar-refractivity contribution in [3.8, 4) is 0 Å². The monoisotopic (exact) mass is 159 g/mol. The number of amides is 1. The number of nitrogens with one attached hydrogen (secondary N) is 1. The summed E-state index contributed by atoms with van der Waals surface area (Å²) in [5.41, 5.74) is 0. The summed E-state index contributed by atoms with van der Waals surface area (Å²) >= 11 is 0. The molecule has 11 heavy (non-hydrogen) atoms. The topological polar surface area (TPSA) is 49.3 Å². The maximum Gasteiger partial charge on any atom is 0.221 e. The van der Waals surface area contributed by atoms with Crippen molar-refractivity contribution < 1.29 is 9.90 Å². The summed E-state index contributed by atoms with van der Waals surface area (Å²) < 4.78 is 0. The molecule has 3 nitrogen and oxygen atoms in total.